The van der Waals surface area contributed by atoms with Gasteiger partial charge >= 0.3 is 0 Å². The topological polar surface area (TPSA) is 40.8 Å². The molecule has 0 bridgehead atoms. The van der Waals surface area contributed by atoms with Crippen molar-refractivity contribution in [2.24, 2.45) is 0 Å². The molecule has 0 saturated heterocycles. The second-order valence-corrected chi connectivity index (χ2v) is 10.3. The van der Waals surface area contributed by atoms with Gasteiger partial charge in [-0.1, -0.05) is 38.1 Å². The Kier molecular flexibility index (Phi) is 6.15. The lowest BCUT2D eigenvalue weighted by Gasteiger charge is -2.21. The van der Waals surface area contributed by atoms with Crippen molar-refractivity contribution in [3.05, 3.63) is 77.0 Å². The van der Waals surface area contributed by atoms with Crippen LogP contribution in [0.3, 0.4) is 0 Å². The Balaban J connectivity index is 1.44. The van der Waals surface area contributed by atoms with Crippen LogP contribution in [0.1, 0.15) is 48.4 Å². The van der Waals surface area contributed by atoms with Crippen LogP contribution in [0.25, 0.3) is 22.0 Å². The minimum Gasteiger partial charge on any atom is -0.493 e. The number of ether oxygens (including phenoxy) is 4. The lowest BCUT2D eigenvalue weighted by molar-refractivity contribution is -0.686. The summed E-state index contributed by atoms with van der Waals surface area (Å²) < 4.78 is 25.3. The summed E-state index contributed by atoms with van der Waals surface area (Å²) in [6.45, 7) is 5.67. The molecule has 190 valence electrons. The molecule has 3 heterocycles. The summed E-state index contributed by atoms with van der Waals surface area (Å²) in [6, 6.07) is 17.7. The van der Waals surface area contributed by atoms with Gasteiger partial charge < -0.3 is 18.9 Å². The average Bonchev–Trinajstić information content (AvgIpc) is 3.38. The van der Waals surface area contributed by atoms with E-state index in [9.17, 15) is 0 Å². The van der Waals surface area contributed by atoms with Crippen LogP contribution in [0, 0.1) is 0 Å². The van der Waals surface area contributed by atoms with Crippen molar-refractivity contribution >= 4 is 10.8 Å². The molecule has 5 nitrogen and oxygen atoms in total. The summed E-state index contributed by atoms with van der Waals surface area (Å²) in [4.78, 5) is 0. The van der Waals surface area contributed by atoms with Crippen molar-refractivity contribution in [2.45, 2.75) is 52.0 Å². The van der Waals surface area contributed by atoms with Gasteiger partial charge in [-0.25, -0.2) is 0 Å². The van der Waals surface area contributed by atoms with Crippen LogP contribution in [0.2, 0.25) is 0 Å². The minimum atomic E-state index is 0.287. The van der Waals surface area contributed by atoms with E-state index in [4.69, 9.17) is 18.9 Å². The molecule has 0 unspecified atom stereocenters. The summed E-state index contributed by atoms with van der Waals surface area (Å²) in [5, 5.41) is 2.30. The minimum absolute atomic E-state index is 0.287. The number of nitrogens with zero attached hydrogens (tertiary/aromatic N) is 1. The fourth-order valence-electron chi connectivity index (χ4n) is 5.80. The van der Waals surface area contributed by atoms with Gasteiger partial charge in [0.2, 0.25) is 12.5 Å². The van der Waals surface area contributed by atoms with Gasteiger partial charge in [-0.05, 0) is 66.1 Å². The van der Waals surface area contributed by atoms with E-state index in [1.807, 2.05) is 6.07 Å². The Labute approximate surface area is 218 Å². The monoisotopic (exact) mass is 496 g/mol. The SMILES string of the molecule is COc1ccc2c(CCCc3ccc(C(C)C)cc3)c3[n+](cc2c1OC)CCc1cc2c(cc1-3)OCO2. The zero-order chi connectivity index (χ0) is 25.5. The van der Waals surface area contributed by atoms with Gasteiger partial charge in [0.1, 0.15) is 0 Å². The number of rotatable bonds is 7. The lowest BCUT2D eigenvalue weighted by atomic mass is 9.89. The predicted molar refractivity (Wildman–Crippen MR) is 145 cm³/mol. The van der Waals surface area contributed by atoms with E-state index in [-0.39, 0.29) is 6.79 Å². The number of benzene rings is 3. The van der Waals surface area contributed by atoms with Crippen molar-refractivity contribution in [1.29, 1.82) is 0 Å². The van der Waals surface area contributed by atoms with Gasteiger partial charge in [-0.3, -0.25) is 0 Å². The van der Waals surface area contributed by atoms with Gasteiger partial charge in [0.15, 0.2) is 35.7 Å². The van der Waals surface area contributed by atoms with Gasteiger partial charge in [-0.2, -0.15) is 4.57 Å². The predicted octanol–water partition coefficient (Wildman–Crippen LogP) is 6.40. The van der Waals surface area contributed by atoms with Crippen LogP contribution in [0.5, 0.6) is 23.0 Å². The molecule has 37 heavy (non-hydrogen) atoms. The lowest BCUT2D eigenvalue weighted by Crippen LogP contribution is -2.41. The standard InChI is InChI=1S/C32H34NO4/c1-20(2)22-10-8-21(9-11-22)6-5-7-25-24-12-13-28(34-3)32(35-4)27(24)18-33-15-14-23-16-29-30(37-19-36-29)17-26(23)31(25)33/h8-13,16-18,20H,5-7,14-15,19H2,1-4H3/q+1. The average molecular weight is 497 g/mol. The van der Waals surface area contributed by atoms with E-state index in [0.29, 0.717) is 5.92 Å². The molecule has 2 aliphatic rings. The normalized spacial score (nSPS) is 13.5. The Hall–Kier alpha value is -3.73. The zero-order valence-corrected chi connectivity index (χ0v) is 22.1. The fourth-order valence-corrected chi connectivity index (χ4v) is 5.80. The maximum absolute atomic E-state index is 5.85. The fraction of sp³-hybridized carbons (Fsp3) is 0.344. The van der Waals surface area contributed by atoms with E-state index in [1.165, 1.54) is 38.9 Å². The highest BCUT2D eigenvalue weighted by Crippen LogP contribution is 2.44. The van der Waals surface area contributed by atoms with Crippen molar-refractivity contribution in [2.75, 3.05) is 21.0 Å². The number of aryl methyl sites for hydroxylation is 4. The molecule has 3 aromatic carbocycles. The van der Waals surface area contributed by atoms with Crippen LogP contribution < -0.4 is 23.5 Å². The van der Waals surface area contributed by atoms with E-state index in [2.05, 4.69) is 67.1 Å². The molecule has 4 aromatic rings. The molecule has 0 aliphatic carbocycles. The van der Waals surface area contributed by atoms with Crippen molar-refractivity contribution in [1.82, 2.24) is 0 Å². The number of hydrogen-bond acceptors (Lipinski definition) is 4. The third-order valence-corrected chi connectivity index (χ3v) is 7.78. The molecule has 1 aromatic heterocycles. The van der Waals surface area contributed by atoms with Crippen molar-refractivity contribution in [3.8, 4) is 34.3 Å². The molecule has 0 spiro atoms. The number of hydrogen-bond donors (Lipinski definition) is 0. The first kappa shape index (κ1) is 23.7. The molecular formula is C32H34NO4+. The molecule has 0 fully saturated rings. The van der Waals surface area contributed by atoms with Crippen molar-refractivity contribution < 1.29 is 23.5 Å². The molecule has 6 rings (SSSR count). The molecule has 0 amide bonds. The number of methoxy groups -OCH3 is 2. The first-order chi connectivity index (χ1) is 18.1. The first-order valence-corrected chi connectivity index (χ1v) is 13.2. The Morgan fingerprint density at radius 3 is 2.41 bits per heavy atom. The molecule has 0 N–H and O–H groups in total. The summed E-state index contributed by atoms with van der Waals surface area (Å²) >= 11 is 0. The zero-order valence-electron chi connectivity index (χ0n) is 22.1. The van der Waals surface area contributed by atoms with Gasteiger partial charge in [0.25, 0.3) is 0 Å². The van der Waals surface area contributed by atoms with Crippen molar-refractivity contribution in [3.63, 3.8) is 0 Å². The molecule has 0 radical (unpaired) electrons. The maximum Gasteiger partial charge on any atom is 0.231 e. The van der Waals surface area contributed by atoms with Crippen LogP contribution in [-0.2, 0) is 25.8 Å². The summed E-state index contributed by atoms with van der Waals surface area (Å²) in [5.74, 6) is 3.78. The van der Waals surface area contributed by atoms with E-state index in [1.54, 1.807) is 14.2 Å². The second kappa shape index (κ2) is 9.62. The summed E-state index contributed by atoms with van der Waals surface area (Å²) in [6.07, 6.45) is 6.23. The number of pyridine rings is 1. The quantitative estimate of drug-likeness (QED) is 0.278. The maximum atomic E-state index is 5.85. The third kappa shape index (κ3) is 4.16. The van der Waals surface area contributed by atoms with Crippen LogP contribution in [0.4, 0.5) is 0 Å². The highest BCUT2D eigenvalue weighted by atomic mass is 16.7. The van der Waals surface area contributed by atoms with Crippen LogP contribution in [0.15, 0.2) is 54.7 Å². The molecule has 0 atom stereocenters. The first-order valence-electron chi connectivity index (χ1n) is 13.2. The van der Waals surface area contributed by atoms with E-state index >= 15 is 0 Å². The van der Waals surface area contributed by atoms with E-state index in [0.717, 1.165) is 60.6 Å². The second-order valence-electron chi connectivity index (χ2n) is 10.3. The highest BCUT2D eigenvalue weighted by Gasteiger charge is 2.32. The summed E-state index contributed by atoms with van der Waals surface area (Å²) in [7, 11) is 3.41. The Morgan fingerprint density at radius 2 is 1.68 bits per heavy atom. The number of fused-ring (bicyclic) bond motifs is 5. The van der Waals surface area contributed by atoms with Crippen LogP contribution >= 0.6 is 0 Å². The molecule has 5 heteroatoms. The van der Waals surface area contributed by atoms with Crippen LogP contribution in [-0.4, -0.2) is 21.0 Å². The Bertz CT molecular complexity index is 1470. The summed E-state index contributed by atoms with van der Waals surface area (Å²) in [5.41, 5.74) is 7.94. The largest absolute Gasteiger partial charge is 0.493 e. The molecule has 0 saturated carbocycles. The Morgan fingerprint density at radius 1 is 0.892 bits per heavy atom. The smallest absolute Gasteiger partial charge is 0.231 e. The third-order valence-electron chi connectivity index (χ3n) is 7.78. The van der Waals surface area contributed by atoms with Gasteiger partial charge in [-0.15, -0.1) is 0 Å². The van der Waals surface area contributed by atoms with E-state index < -0.39 is 0 Å². The highest BCUT2D eigenvalue weighted by molar-refractivity contribution is 5.95. The molecule has 2 aliphatic heterocycles. The number of aromatic nitrogens is 1. The van der Waals surface area contributed by atoms with Gasteiger partial charge in [0.05, 0.1) is 25.2 Å². The molecular weight excluding hydrogens is 462 g/mol. The van der Waals surface area contributed by atoms with Gasteiger partial charge in [0, 0.05) is 17.4 Å².